The van der Waals surface area contributed by atoms with Crippen LogP contribution in [-0.2, 0) is 14.3 Å². The molecule has 1 aromatic carbocycles. The molecule has 1 heterocycles. The molecular formula is C15H21NO5. The Morgan fingerprint density at radius 3 is 2.71 bits per heavy atom. The van der Waals surface area contributed by atoms with Crippen LogP contribution in [-0.4, -0.2) is 35.6 Å². The van der Waals surface area contributed by atoms with Gasteiger partial charge < -0.3 is 24.6 Å². The molecule has 1 atom stereocenters. The van der Waals surface area contributed by atoms with Gasteiger partial charge in [-0.05, 0) is 32.9 Å². The second-order valence-corrected chi connectivity index (χ2v) is 5.89. The van der Waals surface area contributed by atoms with Gasteiger partial charge in [0.05, 0.1) is 12.3 Å². The fourth-order valence-corrected chi connectivity index (χ4v) is 2.20. The van der Waals surface area contributed by atoms with Crippen LogP contribution in [0.5, 0.6) is 11.5 Å². The van der Waals surface area contributed by atoms with Crippen LogP contribution in [0.4, 0.5) is 5.69 Å². The SMILES string of the molecule is CC(=O)Nc1ccc(O)cc1OC[C@@]1(C)COC(C)(C)O1. The average molecular weight is 295 g/mol. The van der Waals surface area contributed by atoms with Crippen LogP contribution in [0.15, 0.2) is 18.2 Å². The van der Waals surface area contributed by atoms with Crippen molar-refractivity contribution < 1.29 is 24.1 Å². The molecule has 2 rings (SSSR count). The first-order valence-electron chi connectivity index (χ1n) is 6.77. The Morgan fingerprint density at radius 2 is 2.14 bits per heavy atom. The number of phenols is 1. The number of phenolic OH excluding ortho intramolecular Hbond substituents is 1. The summed E-state index contributed by atoms with van der Waals surface area (Å²) in [5.74, 6) is -0.400. The largest absolute Gasteiger partial charge is 0.508 e. The fraction of sp³-hybridized carbons (Fsp3) is 0.533. The summed E-state index contributed by atoms with van der Waals surface area (Å²) in [5, 5.41) is 12.2. The molecule has 0 radical (unpaired) electrons. The van der Waals surface area contributed by atoms with Crippen molar-refractivity contribution in [3.8, 4) is 11.5 Å². The standard InChI is InChI=1S/C15H21NO5/c1-10(17)16-12-6-5-11(18)7-13(12)19-8-15(4)9-20-14(2,3)21-15/h5-7,18H,8-9H2,1-4H3,(H,16,17)/t15-/m0/s1. The van der Waals surface area contributed by atoms with E-state index in [9.17, 15) is 9.90 Å². The number of nitrogens with one attached hydrogen (secondary N) is 1. The van der Waals surface area contributed by atoms with Gasteiger partial charge in [0.25, 0.3) is 0 Å². The van der Waals surface area contributed by atoms with E-state index in [0.717, 1.165) is 0 Å². The van der Waals surface area contributed by atoms with Crippen LogP contribution in [0.2, 0.25) is 0 Å². The first-order chi connectivity index (χ1) is 9.69. The number of anilines is 1. The third-order valence-corrected chi connectivity index (χ3v) is 3.03. The molecular weight excluding hydrogens is 274 g/mol. The Kier molecular flexibility index (Phi) is 4.11. The lowest BCUT2D eigenvalue weighted by Crippen LogP contribution is -2.37. The highest BCUT2D eigenvalue weighted by Gasteiger charge is 2.42. The van der Waals surface area contributed by atoms with E-state index in [2.05, 4.69) is 5.32 Å². The van der Waals surface area contributed by atoms with Gasteiger partial charge in [0.2, 0.25) is 5.91 Å². The molecule has 1 amide bonds. The van der Waals surface area contributed by atoms with E-state index in [4.69, 9.17) is 14.2 Å². The maximum Gasteiger partial charge on any atom is 0.221 e. The molecule has 116 valence electrons. The zero-order chi connectivity index (χ0) is 15.7. The van der Waals surface area contributed by atoms with E-state index in [1.807, 2.05) is 20.8 Å². The summed E-state index contributed by atoms with van der Waals surface area (Å²) in [6.45, 7) is 7.64. The number of rotatable bonds is 4. The summed E-state index contributed by atoms with van der Waals surface area (Å²) < 4.78 is 17.1. The smallest absolute Gasteiger partial charge is 0.221 e. The van der Waals surface area contributed by atoms with Crippen molar-refractivity contribution in [2.24, 2.45) is 0 Å². The Bertz CT molecular complexity index is 543. The number of aromatic hydroxyl groups is 1. The van der Waals surface area contributed by atoms with E-state index in [1.54, 1.807) is 6.07 Å². The van der Waals surface area contributed by atoms with Crippen molar-refractivity contribution in [1.82, 2.24) is 0 Å². The van der Waals surface area contributed by atoms with Crippen LogP contribution in [0.3, 0.4) is 0 Å². The third kappa shape index (κ3) is 4.09. The van der Waals surface area contributed by atoms with E-state index in [0.29, 0.717) is 18.0 Å². The molecule has 1 aliphatic heterocycles. The lowest BCUT2D eigenvalue weighted by Gasteiger charge is -2.25. The van der Waals surface area contributed by atoms with Gasteiger partial charge in [-0.2, -0.15) is 0 Å². The lowest BCUT2D eigenvalue weighted by molar-refractivity contribution is -0.162. The number of hydrogen-bond donors (Lipinski definition) is 2. The maximum absolute atomic E-state index is 11.2. The van der Waals surface area contributed by atoms with Crippen molar-refractivity contribution in [2.75, 3.05) is 18.5 Å². The van der Waals surface area contributed by atoms with Gasteiger partial charge >= 0.3 is 0 Å². The highest BCUT2D eigenvalue weighted by atomic mass is 16.8. The van der Waals surface area contributed by atoms with Crippen LogP contribution in [0.25, 0.3) is 0 Å². The highest BCUT2D eigenvalue weighted by molar-refractivity contribution is 5.90. The summed E-state index contributed by atoms with van der Waals surface area (Å²) in [6, 6.07) is 4.53. The summed E-state index contributed by atoms with van der Waals surface area (Å²) in [7, 11) is 0. The van der Waals surface area contributed by atoms with Crippen LogP contribution < -0.4 is 10.1 Å². The van der Waals surface area contributed by atoms with Crippen LogP contribution in [0.1, 0.15) is 27.7 Å². The van der Waals surface area contributed by atoms with E-state index in [-0.39, 0.29) is 18.3 Å². The zero-order valence-corrected chi connectivity index (χ0v) is 12.7. The number of benzene rings is 1. The van der Waals surface area contributed by atoms with Crippen molar-refractivity contribution in [3.63, 3.8) is 0 Å². The zero-order valence-electron chi connectivity index (χ0n) is 12.7. The Morgan fingerprint density at radius 1 is 1.43 bits per heavy atom. The fourth-order valence-electron chi connectivity index (χ4n) is 2.20. The van der Waals surface area contributed by atoms with Gasteiger partial charge in [0, 0.05) is 13.0 Å². The molecule has 21 heavy (non-hydrogen) atoms. The normalized spacial score (nSPS) is 23.8. The Balaban J connectivity index is 2.09. The van der Waals surface area contributed by atoms with Crippen molar-refractivity contribution in [2.45, 2.75) is 39.1 Å². The van der Waals surface area contributed by atoms with Gasteiger partial charge in [0.1, 0.15) is 23.7 Å². The lowest BCUT2D eigenvalue weighted by atomic mass is 10.1. The predicted molar refractivity (Wildman–Crippen MR) is 77.4 cm³/mol. The molecule has 1 aliphatic rings. The molecule has 2 N–H and O–H groups in total. The average Bonchev–Trinajstić information content (AvgIpc) is 2.64. The van der Waals surface area contributed by atoms with Crippen molar-refractivity contribution in [3.05, 3.63) is 18.2 Å². The molecule has 0 spiro atoms. The highest BCUT2D eigenvalue weighted by Crippen LogP contribution is 2.33. The first kappa shape index (κ1) is 15.6. The first-order valence-corrected chi connectivity index (χ1v) is 6.77. The quantitative estimate of drug-likeness (QED) is 0.833. The molecule has 0 saturated carbocycles. The summed E-state index contributed by atoms with van der Waals surface area (Å²) in [4.78, 5) is 11.2. The van der Waals surface area contributed by atoms with E-state index >= 15 is 0 Å². The van der Waals surface area contributed by atoms with Gasteiger partial charge in [-0.25, -0.2) is 0 Å². The van der Waals surface area contributed by atoms with Crippen molar-refractivity contribution in [1.29, 1.82) is 0 Å². The predicted octanol–water partition coefficient (Wildman–Crippen LogP) is 2.27. The molecule has 6 heteroatoms. The number of carbonyl (C=O) groups excluding carboxylic acids is 1. The maximum atomic E-state index is 11.2. The third-order valence-electron chi connectivity index (χ3n) is 3.03. The number of amides is 1. The molecule has 0 aliphatic carbocycles. The van der Waals surface area contributed by atoms with E-state index < -0.39 is 11.4 Å². The Labute approximate surface area is 124 Å². The molecule has 1 fully saturated rings. The number of carbonyl (C=O) groups is 1. The summed E-state index contributed by atoms with van der Waals surface area (Å²) in [6.07, 6.45) is 0. The number of hydrogen-bond acceptors (Lipinski definition) is 5. The Hall–Kier alpha value is -1.79. The van der Waals surface area contributed by atoms with Gasteiger partial charge in [-0.3, -0.25) is 4.79 Å². The van der Waals surface area contributed by atoms with Crippen molar-refractivity contribution >= 4 is 11.6 Å². The van der Waals surface area contributed by atoms with Gasteiger partial charge in [-0.15, -0.1) is 0 Å². The van der Waals surface area contributed by atoms with Crippen LogP contribution >= 0.6 is 0 Å². The van der Waals surface area contributed by atoms with Crippen LogP contribution in [0, 0.1) is 0 Å². The van der Waals surface area contributed by atoms with Gasteiger partial charge in [0.15, 0.2) is 5.79 Å². The molecule has 1 aromatic rings. The molecule has 1 saturated heterocycles. The second kappa shape index (κ2) is 5.54. The second-order valence-electron chi connectivity index (χ2n) is 5.89. The van der Waals surface area contributed by atoms with Gasteiger partial charge in [-0.1, -0.05) is 0 Å². The number of ether oxygens (including phenoxy) is 3. The minimum Gasteiger partial charge on any atom is -0.508 e. The van der Waals surface area contributed by atoms with E-state index in [1.165, 1.54) is 19.1 Å². The monoisotopic (exact) mass is 295 g/mol. The molecule has 0 bridgehead atoms. The molecule has 0 aromatic heterocycles. The summed E-state index contributed by atoms with van der Waals surface area (Å²) >= 11 is 0. The molecule has 6 nitrogen and oxygen atoms in total. The topological polar surface area (TPSA) is 77.0 Å². The minimum atomic E-state index is -0.641. The molecule has 0 unspecified atom stereocenters. The minimum absolute atomic E-state index is 0.0631. The summed E-state index contributed by atoms with van der Waals surface area (Å²) in [5.41, 5.74) is -0.0790.